The van der Waals surface area contributed by atoms with Crippen molar-refractivity contribution >= 4 is 28.8 Å². The lowest BCUT2D eigenvalue weighted by atomic mass is 10.0. The maximum atomic E-state index is 6.71. The normalized spacial score (nSPS) is 16.1. The van der Waals surface area contributed by atoms with Gasteiger partial charge < -0.3 is 14.7 Å². The minimum atomic E-state index is 0.772. The fourth-order valence-corrected chi connectivity index (χ4v) is 4.03. The average Bonchev–Trinajstić information content (AvgIpc) is 2.84. The lowest BCUT2D eigenvalue weighted by molar-refractivity contribution is 0.402. The molecule has 2 aliphatic rings. The molecule has 0 amide bonds. The molecule has 1 aliphatic carbocycles. The Bertz CT molecular complexity index is 931. The van der Waals surface area contributed by atoms with E-state index in [-0.39, 0.29) is 0 Å². The van der Waals surface area contributed by atoms with Crippen molar-refractivity contribution in [2.45, 2.75) is 12.8 Å². The van der Waals surface area contributed by atoms with Crippen molar-refractivity contribution in [3.05, 3.63) is 83.3 Å². The maximum Gasteiger partial charge on any atom is 0.157 e. The van der Waals surface area contributed by atoms with Crippen LogP contribution in [0.1, 0.15) is 12.8 Å². The van der Waals surface area contributed by atoms with Crippen molar-refractivity contribution in [3.63, 3.8) is 0 Å². The number of aromatic nitrogens is 1. The number of hydrogen-bond donors (Lipinski definition) is 0. The van der Waals surface area contributed by atoms with E-state index in [0.29, 0.717) is 0 Å². The quantitative estimate of drug-likeness (QED) is 0.689. The zero-order chi connectivity index (χ0) is 19.5. The van der Waals surface area contributed by atoms with E-state index >= 15 is 0 Å². The van der Waals surface area contributed by atoms with Gasteiger partial charge in [-0.05, 0) is 69.4 Å². The number of fused-ring (bicyclic) bond motifs is 2. The molecule has 0 unspecified atom stereocenters. The van der Waals surface area contributed by atoms with Crippen LogP contribution in [0.4, 0.5) is 17.2 Å². The fourth-order valence-electron chi connectivity index (χ4n) is 3.72. The standard InChI is InChI=1S/C23H25ClN4/c1-26(2)15-8-16-27-22-18(9-6-12-20(22)24)17-28(19-10-4-3-5-11-19)21-13-7-14-25-23(21)27/h3-7,10-14,17H,8-9,15-16H2,1-2H3. The van der Waals surface area contributed by atoms with Gasteiger partial charge in [-0.3, -0.25) is 0 Å². The third-order valence-corrected chi connectivity index (χ3v) is 5.29. The first-order valence-corrected chi connectivity index (χ1v) is 10.0. The van der Waals surface area contributed by atoms with E-state index in [2.05, 4.69) is 71.4 Å². The highest BCUT2D eigenvalue weighted by Gasteiger charge is 2.29. The SMILES string of the molecule is CN(C)CCCN1C2=C(Cl)C=CCC2=CN(c2ccccc2)c2cccnc21. The third-order valence-electron chi connectivity index (χ3n) is 4.99. The van der Waals surface area contributed by atoms with Crippen LogP contribution in [-0.4, -0.2) is 37.1 Å². The highest BCUT2D eigenvalue weighted by Crippen LogP contribution is 2.43. The molecule has 2 heterocycles. The number of para-hydroxylation sites is 1. The summed E-state index contributed by atoms with van der Waals surface area (Å²) in [7, 11) is 4.21. The van der Waals surface area contributed by atoms with Gasteiger partial charge in [0.2, 0.25) is 0 Å². The Morgan fingerprint density at radius 1 is 1.11 bits per heavy atom. The van der Waals surface area contributed by atoms with Gasteiger partial charge in [-0.2, -0.15) is 0 Å². The maximum absolute atomic E-state index is 6.71. The van der Waals surface area contributed by atoms with Crippen molar-refractivity contribution in [1.82, 2.24) is 9.88 Å². The summed E-state index contributed by atoms with van der Waals surface area (Å²) in [4.78, 5) is 11.5. The first-order chi connectivity index (χ1) is 13.6. The Morgan fingerprint density at radius 2 is 1.93 bits per heavy atom. The van der Waals surface area contributed by atoms with Gasteiger partial charge >= 0.3 is 0 Å². The molecule has 0 saturated carbocycles. The smallest absolute Gasteiger partial charge is 0.157 e. The summed E-state index contributed by atoms with van der Waals surface area (Å²) in [6, 6.07) is 14.5. The van der Waals surface area contributed by atoms with Crippen LogP contribution in [0.15, 0.2) is 83.3 Å². The summed E-state index contributed by atoms with van der Waals surface area (Å²) >= 11 is 6.71. The third kappa shape index (κ3) is 3.71. The summed E-state index contributed by atoms with van der Waals surface area (Å²) in [6.07, 6.45) is 10.1. The zero-order valence-corrected chi connectivity index (χ0v) is 17.1. The van der Waals surface area contributed by atoms with Crippen LogP contribution in [-0.2, 0) is 0 Å². The van der Waals surface area contributed by atoms with E-state index in [1.807, 2.05) is 24.4 Å². The lowest BCUT2D eigenvalue weighted by Gasteiger charge is -2.30. The Labute approximate surface area is 172 Å². The zero-order valence-electron chi connectivity index (χ0n) is 16.3. The van der Waals surface area contributed by atoms with E-state index in [4.69, 9.17) is 16.6 Å². The molecule has 0 bridgehead atoms. The number of anilines is 3. The van der Waals surface area contributed by atoms with Gasteiger partial charge in [0.25, 0.3) is 0 Å². The molecule has 2 aromatic rings. The average molecular weight is 393 g/mol. The number of nitrogens with zero attached hydrogens (tertiary/aromatic N) is 4. The summed E-state index contributed by atoms with van der Waals surface area (Å²) < 4.78 is 0. The van der Waals surface area contributed by atoms with Gasteiger partial charge in [0.05, 0.1) is 16.4 Å². The van der Waals surface area contributed by atoms with Gasteiger partial charge in [-0.1, -0.05) is 35.9 Å². The number of hydrogen-bond acceptors (Lipinski definition) is 4. The van der Waals surface area contributed by atoms with Gasteiger partial charge in [0.15, 0.2) is 5.82 Å². The first-order valence-electron chi connectivity index (χ1n) is 9.64. The topological polar surface area (TPSA) is 22.6 Å². The molecule has 5 heteroatoms. The minimum Gasteiger partial charge on any atom is -0.323 e. The number of halogens is 1. The van der Waals surface area contributed by atoms with Gasteiger partial charge in [-0.25, -0.2) is 4.98 Å². The van der Waals surface area contributed by atoms with Crippen molar-refractivity contribution in [2.75, 3.05) is 37.0 Å². The molecule has 0 N–H and O–H groups in total. The number of rotatable bonds is 5. The molecule has 4 nitrogen and oxygen atoms in total. The molecular weight excluding hydrogens is 368 g/mol. The molecule has 0 saturated heterocycles. The van der Waals surface area contributed by atoms with Crippen LogP contribution in [0.3, 0.4) is 0 Å². The first kappa shape index (κ1) is 18.8. The molecule has 0 fully saturated rings. The molecule has 1 aromatic carbocycles. The van der Waals surface area contributed by atoms with Crippen LogP contribution in [0, 0.1) is 0 Å². The largest absolute Gasteiger partial charge is 0.323 e. The Morgan fingerprint density at radius 3 is 2.71 bits per heavy atom. The van der Waals surface area contributed by atoms with Gasteiger partial charge in [-0.15, -0.1) is 0 Å². The molecule has 0 radical (unpaired) electrons. The summed E-state index contributed by atoms with van der Waals surface area (Å²) in [6.45, 7) is 1.88. The summed E-state index contributed by atoms with van der Waals surface area (Å²) in [5, 5.41) is 0.772. The van der Waals surface area contributed by atoms with E-state index in [0.717, 1.165) is 53.9 Å². The Hall–Kier alpha value is -2.56. The second-order valence-electron chi connectivity index (χ2n) is 7.32. The molecule has 28 heavy (non-hydrogen) atoms. The van der Waals surface area contributed by atoms with Crippen LogP contribution < -0.4 is 9.80 Å². The number of pyridine rings is 1. The minimum absolute atomic E-state index is 0.772. The van der Waals surface area contributed by atoms with E-state index in [9.17, 15) is 0 Å². The van der Waals surface area contributed by atoms with Crippen molar-refractivity contribution in [3.8, 4) is 0 Å². The van der Waals surface area contributed by atoms with Crippen molar-refractivity contribution in [2.24, 2.45) is 0 Å². The Kier molecular flexibility index (Phi) is 5.51. The molecular formula is C23H25ClN4. The summed E-state index contributed by atoms with van der Waals surface area (Å²) in [5.74, 6) is 0.944. The van der Waals surface area contributed by atoms with Crippen LogP contribution in [0.5, 0.6) is 0 Å². The summed E-state index contributed by atoms with van der Waals surface area (Å²) in [5.41, 5.74) is 4.46. The highest BCUT2D eigenvalue weighted by atomic mass is 35.5. The van der Waals surface area contributed by atoms with Gasteiger partial charge in [0.1, 0.15) is 0 Å². The fraction of sp³-hybridized carbons (Fsp3) is 0.261. The van der Waals surface area contributed by atoms with Gasteiger partial charge in [0, 0.05) is 24.6 Å². The highest BCUT2D eigenvalue weighted by molar-refractivity contribution is 6.32. The van der Waals surface area contributed by atoms with E-state index in [1.165, 1.54) is 5.57 Å². The predicted molar refractivity (Wildman–Crippen MR) is 118 cm³/mol. The molecule has 0 atom stereocenters. The monoisotopic (exact) mass is 392 g/mol. The number of benzene rings is 1. The lowest BCUT2D eigenvalue weighted by Crippen LogP contribution is -2.29. The second-order valence-corrected chi connectivity index (χ2v) is 7.72. The predicted octanol–water partition coefficient (Wildman–Crippen LogP) is 5.29. The van der Waals surface area contributed by atoms with Crippen LogP contribution in [0.2, 0.25) is 0 Å². The molecule has 4 rings (SSSR count). The van der Waals surface area contributed by atoms with E-state index in [1.54, 1.807) is 0 Å². The van der Waals surface area contributed by atoms with Crippen LogP contribution >= 0.6 is 11.6 Å². The molecule has 1 aliphatic heterocycles. The van der Waals surface area contributed by atoms with E-state index < -0.39 is 0 Å². The Balaban J connectivity index is 1.85. The number of allylic oxidation sites excluding steroid dienone is 4. The van der Waals surface area contributed by atoms with Crippen molar-refractivity contribution in [1.29, 1.82) is 0 Å². The molecule has 0 spiro atoms. The second kappa shape index (κ2) is 8.21. The molecule has 1 aromatic heterocycles. The van der Waals surface area contributed by atoms with Crippen LogP contribution in [0.25, 0.3) is 0 Å². The van der Waals surface area contributed by atoms with Crippen molar-refractivity contribution < 1.29 is 0 Å². The molecule has 144 valence electrons.